The lowest BCUT2D eigenvalue weighted by Crippen LogP contribution is -2.23. The minimum atomic E-state index is -0.138. The van der Waals surface area contributed by atoms with Crippen LogP contribution >= 0.6 is 11.3 Å². The molecule has 1 atom stereocenters. The molecular formula is C15H19N3O2S. The lowest BCUT2D eigenvalue weighted by molar-refractivity contribution is -0.128. The molecule has 0 N–H and O–H groups in total. The highest BCUT2D eigenvalue weighted by Gasteiger charge is 2.35. The maximum atomic E-state index is 12.1. The van der Waals surface area contributed by atoms with E-state index in [0.29, 0.717) is 31.2 Å². The van der Waals surface area contributed by atoms with Crippen molar-refractivity contribution < 1.29 is 9.32 Å². The molecule has 1 fully saturated rings. The quantitative estimate of drug-likeness (QED) is 0.875. The summed E-state index contributed by atoms with van der Waals surface area (Å²) in [6.45, 7) is 7.47. The molecule has 1 aliphatic rings. The lowest BCUT2D eigenvalue weighted by atomic mass is 9.96. The predicted molar refractivity (Wildman–Crippen MR) is 80.1 cm³/mol. The van der Waals surface area contributed by atoms with E-state index in [4.69, 9.17) is 4.52 Å². The zero-order valence-electron chi connectivity index (χ0n) is 12.5. The Bertz CT molecular complexity index is 628. The van der Waals surface area contributed by atoms with Crippen LogP contribution in [0.25, 0.3) is 0 Å². The molecular weight excluding hydrogens is 286 g/mol. The third-order valence-electron chi connectivity index (χ3n) is 3.60. The molecule has 3 heterocycles. The van der Waals surface area contributed by atoms with E-state index in [1.165, 1.54) is 4.88 Å². The molecule has 2 aromatic rings. The highest BCUT2D eigenvalue weighted by molar-refractivity contribution is 7.09. The summed E-state index contributed by atoms with van der Waals surface area (Å²) in [5.41, 5.74) is -0.138. The molecule has 6 heteroatoms. The van der Waals surface area contributed by atoms with Gasteiger partial charge in [0.15, 0.2) is 5.82 Å². The Kier molecular flexibility index (Phi) is 3.57. The summed E-state index contributed by atoms with van der Waals surface area (Å²) in [6.07, 6.45) is 0.456. The molecule has 21 heavy (non-hydrogen) atoms. The number of hydrogen-bond donors (Lipinski definition) is 0. The molecule has 112 valence electrons. The number of carbonyl (C=O) groups is 1. The Morgan fingerprint density at radius 3 is 2.90 bits per heavy atom. The summed E-state index contributed by atoms with van der Waals surface area (Å²) in [5, 5.41) is 6.07. The molecule has 0 saturated carbocycles. The van der Waals surface area contributed by atoms with Gasteiger partial charge in [0.25, 0.3) is 0 Å². The maximum absolute atomic E-state index is 12.1. The number of carbonyl (C=O) groups excluding carboxylic acids is 1. The third-order valence-corrected chi connectivity index (χ3v) is 4.46. The molecule has 0 unspecified atom stereocenters. The SMILES string of the molecule is CC(C)(C)c1noc([C@@H]2CC(=O)N(Cc3cccs3)C2)n1. The fourth-order valence-electron chi connectivity index (χ4n) is 2.39. The molecule has 0 aromatic carbocycles. The van der Waals surface area contributed by atoms with E-state index in [1.807, 2.05) is 37.1 Å². The van der Waals surface area contributed by atoms with E-state index in [0.717, 1.165) is 0 Å². The van der Waals surface area contributed by atoms with Gasteiger partial charge in [-0.15, -0.1) is 11.3 Å². The first kappa shape index (κ1) is 14.3. The highest BCUT2D eigenvalue weighted by Crippen LogP contribution is 2.30. The second kappa shape index (κ2) is 5.26. The van der Waals surface area contributed by atoms with Gasteiger partial charge in [-0.1, -0.05) is 32.0 Å². The molecule has 3 rings (SSSR count). The van der Waals surface area contributed by atoms with Crippen LogP contribution in [-0.4, -0.2) is 27.5 Å². The minimum Gasteiger partial charge on any atom is -0.339 e. The summed E-state index contributed by atoms with van der Waals surface area (Å²) in [7, 11) is 0. The van der Waals surface area contributed by atoms with Crippen molar-refractivity contribution in [2.24, 2.45) is 0 Å². The molecule has 0 bridgehead atoms. The molecule has 0 spiro atoms. The number of hydrogen-bond acceptors (Lipinski definition) is 5. The Morgan fingerprint density at radius 1 is 1.48 bits per heavy atom. The Hall–Kier alpha value is -1.69. The zero-order valence-corrected chi connectivity index (χ0v) is 13.3. The molecule has 2 aromatic heterocycles. The van der Waals surface area contributed by atoms with Crippen LogP contribution in [0.2, 0.25) is 0 Å². The predicted octanol–water partition coefficient (Wildman–Crippen LogP) is 2.94. The van der Waals surface area contributed by atoms with E-state index >= 15 is 0 Å². The second-order valence-electron chi connectivity index (χ2n) is 6.46. The van der Waals surface area contributed by atoms with E-state index in [-0.39, 0.29) is 17.2 Å². The third kappa shape index (κ3) is 3.00. The molecule has 1 saturated heterocycles. The second-order valence-corrected chi connectivity index (χ2v) is 7.49. The topological polar surface area (TPSA) is 59.2 Å². The van der Waals surface area contributed by atoms with Crippen molar-refractivity contribution >= 4 is 17.2 Å². The van der Waals surface area contributed by atoms with Crippen molar-refractivity contribution in [2.45, 2.75) is 45.1 Å². The van der Waals surface area contributed by atoms with Crippen molar-refractivity contribution in [3.05, 3.63) is 34.1 Å². The number of aromatic nitrogens is 2. The Morgan fingerprint density at radius 2 is 2.29 bits per heavy atom. The van der Waals surface area contributed by atoms with Gasteiger partial charge >= 0.3 is 0 Å². The monoisotopic (exact) mass is 305 g/mol. The largest absolute Gasteiger partial charge is 0.339 e. The van der Waals surface area contributed by atoms with Crippen molar-refractivity contribution in [1.29, 1.82) is 0 Å². The average molecular weight is 305 g/mol. The van der Waals surface area contributed by atoms with Crippen LogP contribution in [0, 0.1) is 0 Å². The first-order valence-corrected chi connectivity index (χ1v) is 7.95. The Labute approximate surface area is 128 Å². The molecule has 0 radical (unpaired) electrons. The van der Waals surface area contributed by atoms with E-state index in [2.05, 4.69) is 16.2 Å². The first-order chi connectivity index (χ1) is 9.93. The summed E-state index contributed by atoms with van der Waals surface area (Å²) >= 11 is 1.67. The number of nitrogens with zero attached hydrogens (tertiary/aromatic N) is 3. The van der Waals surface area contributed by atoms with Gasteiger partial charge < -0.3 is 9.42 Å². The van der Waals surface area contributed by atoms with Gasteiger partial charge in [0.2, 0.25) is 11.8 Å². The van der Waals surface area contributed by atoms with Crippen LogP contribution in [0.4, 0.5) is 0 Å². The van der Waals surface area contributed by atoms with E-state index in [9.17, 15) is 4.79 Å². The fraction of sp³-hybridized carbons (Fsp3) is 0.533. The van der Waals surface area contributed by atoms with Crippen molar-refractivity contribution in [3.8, 4) is 0 Å². The van der Waals surface area contributed by atoms with Gasteiger partial charge in [-0.3, -0.25) is 4.79 Å². The zero-order chi connectivity index (χ0) is 15.0. The normalized spacial score (nSPS) is 19.5. The summed E-state index contributed by atoms with van der Waals surface area (Å²) in [4.78, 5) is 19.7. The Balaban J connectivity index is 1.71. The van der Waals surface area contributed by atoms with Crippen LogP contribution in [0.3, 0.4) is 0 Å². The van der Waals surface area contributed by atoms with Gasteiger partial charge in [0, 0.05) is 23.3 Å². The summed E-state index contributed by atoms with van der Waals surface area (Å²) in [5.74, 6) is 1.45. The number of amides is 1. The van der Waals surface area contributed by atoms with Gasteiger partial charge in [-0.2, -0.15) is 4.98 Å². The summed E-state index contributed by atoms with van der Waals surface area (Å²) < 4.78 is 5.37. The smallest absolute Gasteiger partial charge is 0.232 e. The van der Waals surface area contributed by atoms with Crippen LogP contribution in [0.5, 0.6) is 0 Å². The average Bonchev–Trinajstić information content (AvgIpc) is 3.11. The van der Waals surface area contributed by atoms with Gasteiger partial charge in [-0.05, 0) is 11.4 Å². The molecule has 0 aliphatic carbocycles. The van der Waals surface area contributed by atoms with Crippen LogP contribution in [-0.2, 0) is 16.8 Å². The lowest BCUT2D eigenvalue weighted by Gasteiger charge is -2.14. The van der Waals surface area contributed by atoms with E-state index in [1.54, 1.807) is 11.3 Å². The van der Waals surface area contributed by atoms with Crippen LogP contribution < -0.4 is 0 Å². The standard InChI is InChI=1S/C15H19N3O2S/c1-15(2,3)14-16-13(20-17-14)10-7-12(19)18(8-10)9-11-5-4-6-21-11/h4-6,10H,7-9H2,1-3H3/t10-/m1/s1. The number of thiophene rings is 1. The van der Waals surface area contributed by atoms with Gasteiger partial charge in [0.05, 0.1) is 12.5 Å². The molecule has 1 amide bonds. The van der Waals surface area contributed by atoms with Gasteiger partial charge in [0.1, 0.15) is 0 Å². The molecule has 1 aliphatic heterocycles. The number of likely N-dealkylation sites (tertiary alicyclic amines) is 1. The first-order valence-electron chi connectivity index (χ1n) is 7.08. The highest BCUT2D eigenvalue weighted by atomic mass is 32.1. The van der Waals surface area contributed by atoms with Gasteiger partial charge in [-0.25, -0.2) is 0 Å². The summed E-state index contributed by atoms with van der Waals surface area (Å²) in [6, 6.07) is 4.06. The van der Waals surface area contributed by atoms with Crippen LogP contribution in [0.15, 0.2) is 22.0 Å². The maximum Gasteiger partial charge on any atom is 0.232 e. The fourth-order valence-corrected chi connectivity index (χ4v) is 3.11. The van der Waals surface area contributed by atoms with Crippen molar-refractivity contribution in [2.75, 3.05) is 6.54 Å². The van der Waals surface area contributed by atoms with Crippen molar-refractivity contribution in [1.82, 2.24) is 15.0 Å². The minimum absolute atomic E-state index is 0.0149. The van der Waals surface area contributed by atoms with E-state index < -0.39 is 0 Å². The molecule has 5 nitrogen and oxygen atoms in total. The number of rotatable bonds is 3. The van der Waals surface area contributed by atoms with Crippen molar-refractivity contribution in [3.63, 3.8) is 0 Å². The van der Waals surface area contributed by atoms with Crippen LogP contribution in [0.1, 0.15) is 49.7 Å².